The Morgan fingerprint density at radius 1 is 0.913 bits per heavy atom. The van der Waals surface area contributed by atoms with Crippen molar-refractivity contribution in [2.45, 2.75) is 12.8 Å². The summed E-state index contributed by atoms with van der Waals surface area (Å²) in [5.41, 5.74) is 3.56. The zero-order valence-electron chi connectivity index (χ0n) is 12.6. The summed E-state index contributed by atoms with van der Waals surface area (Å²) in [6.07, 6.45) is 1.46. The van der Waals surface area contributed by atoms with Gasteiger partial charge >= 0.3 is 0 Å². The monoisotopic (exact) mass is 300 g/mol. The average molecular weight is 300 g/mol. The van der Waals surface area contributed by atoms with Crippen LogP contribution in [0, 0.1) is 11.3 Å². The smallest absolute Gasteiger partial charge is 0.266 e. The van der Waals surface area contributed by atoms with Gasteiger partial charge in [0.1, 0.15) is 11.6 Å². The molecule has 1 aromatic heterocycles. The molecule has 0 unspecified atom stereocenters. The van der Waals surface area contributed by atoms with Crippen LogP contribution in [-0.4, -0.2) is 4.98 Å². The topological polar surface area (TPSA) is 56.6 Å². The summed E-state index contributed by atoms with van der Waals surface area (Å²) in [7, 11) is 0. The molecule has 3 nitrogen and oxygen atoms in total. The van der Waals surface area contributed by atoms with Crippen molar-refractivity contribution in [3.8, 4) is 17.3 Å². The predicted octanol–water partition coefficient (Wildman–Crippen LogP) is 3.70. The van der Waals surface area contributed by atoms with E-state index >= 15 is 0 Å². The van der Waals surface area contributed by atoms with E-state index in [9.17, 15) is 10.1 Å². The summed E-state index contributed by atoms with van der Waals surface area (Å²) in [5, 5.41) is 9.29. The van der Waals surface area contributed by atoms with Gasteiger partial charge < -0.3 is 4.98 Å². The summed E-state index contributed by atoms with van der Waals surface area (Å²) in [4.78, 5) is 15.0. The minimum Gasteiger partial charge on any atom is -0.321 e. The minimum absolute atomic E-state index is 0.209. The Hall–Kier alpha value is -3.12. The first-order valence-corrected chi connectivity index (χ1v) is 7.53. The number of nitrogens with one attached hydrogen (secondary N) is 1. The van der Waals surface area contributed by atoms with Crippen molar-refractivity contribution in [3.63, 3.8) is 0 Å². The van der Waals surface area contributed by atoms with Crippen molar-refractivity contribution < 1.29 is 0 Å². The molecule has 3 aromatic rings. The van der Waals surface area contributed by atoms with Gasteiger partial charge in [0, 0.05) is 5.69 Å². The van der Waals surface area contributed by atoms with Crippen molar-refractivity contribution in [2.24, 2.45) is 0 Å². The highest BCUT2D eigenvalue weighted by Gasteiger charge is 2.10. The quantitative estimate of drug-likeness (QED) is 0.798. The molecule has 0 aliphatic heterocycles. The maximum Gasteiger partial charge on any atom is 0.266 e. The molecule has 0 fully saturated rings. The molecule has 0 bridgehead atoms. The Morgan fingerprint density at radius 3 is 2.22 bits per heavy atom. The molecule has 0 saturated carbocycles. The second-order valence-corrected chi connectivity index (χ2v) is 5.38. The zero-order chi connectivity index (χ0) is 16.1. The molecule has 0 atom stereocenters. The van der Waals surface area contributed by atoms with E-state index in [0.717, 1.165) is 23.2 Å². The van der Waals surface area contributed by atoms with Gasteiger partial charge in [-0.25, -0.2) is 0 Å². The lowest BCUT2D eigenvalue weighted by atomic mass is 9.99. The Labute approximate surface area is 134 Å². The number of H-pyrrole nitrogens is 1. The average Bonchev–Trinajstić information content (AvgIpc) is 2.61. The van der Waals surface area contributed by atoms with Crippen LogP contribution in [0.15, 0.2) is 71.5 Å². The van der Waals surface area contributed by atoms with Crippen molar-refractivity contribution >= 4 is 0 Å². The van der Waals surface area contributed by atoms with Gasteiger partial charge in [0.15, 0.2) is 0 Å². The van der Waals surface area contributed by atoms with Crippen LogP contribution >= 0.6 is 0 Å². The fraction of sp³-hybridized carbons (Fsp3) is 0.100. The van der Waals surface area contributed by atoms with Crippen LogP contribution in [0.5, 0.6) is 0 Å². The van der Waals surface area contributed by atoms with E-state index in [-0.39, 0.29) is 11.1 Å². The molecule has 0 aliphatic carbocycles. The van der Waals surface area contributed by atoms with Crippen LogP contribution in [-0.2, 0) is 12.8 Å². The van der Waals surface area contributed by atoms with Gasteiger partial charge in [-0.3, -0.25) is 4.79 Å². The first-order valence-electron chi connectivity index (χ1n) is 7.53. The van der Waals surface area contributed by atoms with Crippen LogP contribution in [0.1, 0.15) is 16.7 Å². The highest BCUT2D eigenvalue weighted by molar-refractivity contribution is 5.61. The number of aromatic nitrogens is 1. The second-order valence-electron chi connectivity index (χ2n) is 5.38. The predicted molar refractivity (Wildman–Crippen MR) is 91.1 cm³/mol. The lowest BCUT2D eigenvalue weighted by Crippen LogP contribution is -2.14. The van der Waals surface area contributed by atoms with Gasteiger partial charge in [0.25, 0.3) is 5.56 Å². The molecule has 0 spiro atoms. The number of nitrogens with zero attached hydrogens (tertiary/aromatic N) is 1. The molecule has 2 aromatic carbocycles. The highest BCUT2D eigenvalue weighted by atomic mass is 16.1. The molecular formula is C20H16N2O. The lowest BCUT2D eigenvalue weighted by Gasteiger charge is -2.08. The number of hydrogen-bond acceptors (Lipinski definition) is 2. The molecule has 112 valence electrons. The summed E-state index contributed by atoms with van der Waals surface area (Å²) in [6, 6.07) is 23.7. The number of pyridine rings is 1. The molecule has 0 amide bonds. The fourth-order valence-electron chi connectivity index (χ4n) is 2.63. The Morgan fingerprint density at radius 2 is 1.57 bits per heavy atom. The van der Waals surface area contributed by atoms with Gasteiger partial charge in [-0.1, -0.05) is 60.7 Å². The summed E-state index contributed by atoms with van der Waals surface area (Å²) < 4.78 is 0. The minimum atomic E-state index is -0.322. The molecule has 3 heteroatoms. The lowest BCUT2D eigenvalue weighted by molar-refractivity contribution is 0.945. The third-order valence-electron chi connectivity index (χ3n) is 3.84. The van der Waals surface area contributed by atoms with Crippen LogP contribution < -0.4 is 5.56 Å². The van der Waals surface area contributed by atoms with Gasteiger partial charge in [-0.15, -0.1) is 0 Å². The first-order chi connectivity index (χ1) is 11.3. The fourth-order valence-corrected chi connectivity index (χ4v) is 2.63. The van der Waals surface area contributed by atoms with Crippen LogP contribution in [0.3, 0.4) is 0 Å². The Kier molecular flexibility index (Phi) is 4.35. The molecular weight excluding hydrogens is 284 g/mol. The SMILES string of the molecule is N#Cc1c(CCc2ccccc2)cc(-c2ccccc2)[nH]c1=O. The largest absolute Gasteiger partial charge is 0.321 e. The number of rotatable bonds is 4. The summed E-state index contributed by atoms with van der Waals surface area (Å²) in [6.45, 7) is 0. The zero-order valence-corrected chi connectivity index (χ0v) is 12.6. The summed E-state index contributed by atoms with van der Waals surface area (Å²) >= 11 is 0. The maximum absolute atomic E-state index is 12.2. The van der Waals surface area contributed by atoms with E-state index < -0.39 is 0 Å². The van der Waals surface area contributed by atoms with Gasteiger partial charge in [0.2, 0.25) is 0 Å². The van der Waals surface area contributed by atoms with Gasteiger partial charge in [0.05, 0.1) is 0 Å². The molecule has 1 N–H and O–H groups in total. The second kappa shape index (κ2) is 6.76. The molecule has 0 radical (unpaired) electrons. The van der Waals surface area contributed by atoms with E-state index in [4.69, 9.17) is 0 Å². The van der Waals surface area contributed by atoms with Crippen LogP contribution in [0.25, 0.3) is 11.3 Å². The third-order valence-corrected chi connectivity index (χ3v) is 3.84. The van der Waals surface area contributed by atoms with Crippen LogP contribution in [0.2, 0.25) is 0 Å². The number of nitriles is 1. The number of hydrogen-bond donors (Lipinski definition) is 1. The molecule has 1 heterocycles. The van der Waals surface area contributed by atoms with E-state index in [1.165, 1.54) is 5.56 Å². The molecule has 3 rings (SSSR count). The number of aromatic amines is 1. The Bertz CT molecular complexity index is 890. The standard InChI is InChI=1S/C20H16N2O/c21-14-18-17(12-11-15-7-3-1-4-8-15)13-19(22-20(18)23)16-9-5-2-6-10-16/h1-10,13H,11-12H2,(H,22,23). The van der Waals surface area contributed by atoms with Crippen molar-refractivity contribution in [1.29, 1.82) is 5.26 Å². The normalized spacial score (nSPS) is 10.2. The maximum atomic E-state index is 12.2. The number of benzene rings is 2. The van der Waals surface area contributed by atoms with Crippen molar-refractivity contribution in [3.05, 3.63) is 93.8 Å². The van der Waals surface area contributed by atoms with E-state index in [1.807, 2.05) is 60.7 Å². The van der Waals surface area contributed by atoms with Crippen LogP contribution in [0.4, 0.5) is 0 Å². The molecule has 0 aliphatic rings. The van der Waals surface area contributed by atoms with Gasteiger partial charge in [-0.2, -0.15) is 5.26 Å². The van der Waals surface area contributed by atoms with E-state index in [0.29, 0.717) is 6.42 Å². The molecule has 23 heavy (non-hydrogen) atoms. The van der Waals surface area contributed by atoms with Crippen molar-refractivity contribution in [1.82, 2.24) is 4.98 Å². The number of aryl methyl sites for hydroxylation is 2. The third kappa shape index (κ3) is 3.38. The molecule has 0 saturated heterocycles. The van der Waals surface area contributed by atoms with Gasteiger partial charge in [-0.05, 0) is 35.6 Å². The van der Waals surface area contributed by atoms with Crippen molar-refractivity contribution in [2.75, 3.05) is 0 Å². The first kappa shape index (κ1) is 14.8. The highest BCUT2D eigenvalue weighted by Crippen LogP contribution is 2.19. The van der Waals surface area contributed by atoms with E-state index in [2.05, 4.69) is 17.1 Å². The Balaban J connectivity index is 1.96. The summed E-state index contributed by atoms with van der Waals surface area (Å²) in [5.74, 6) is 0. The van der Waals surface area contributed by atoms with E-state index in [1.54, 1.807) is 0 Å².